The monoisotopic (exact) mass is 1020 g/mol. The first-order valence-corrected chi connectivity index (χ1v) is 27.3. The fraction of sp³-hybridized carbons (Fsp3) is 0.667. The number of rotatable bonds is 38. The van der Waals surface area contributed by atoms with E-state index in [4.69, 9.17) is 29.0 Å². The van der Waals surface area contributed by atoms with Gasteiger partial charge in [-0.3, -0.25) is 23.2 Å². The molecular weight excluding hydrogens is 936 g/mol. The van der Waals surface area contributed by atoms with Crippen molar-refractivity contribution in [1.82, 2.24) is 9.55 Å². The lowest BCUT2D eigenvalue weighted by atomic mass is 10.0. The molecule has 21 heteroatoms. The van der Waals surface area contributed by atoms with Gasteiger partial charge in [0, 0.05) is 19.0 Å². The van der Waals surface area contributed by atoms with Crippen molar-refractivity contribution in [1.29, 1.82) is 0 Å². The van der Waals surface area contributed by atoms with Crippen LogP contribution in [0.15, 0.2) is 77.8 Å². The van der Waals surface area contributed by atoms with E-state index < -0.39 is 89.8 Å². The average Bonchev–Trinajstić information content (AvgIpc) is 3.56. The molecule has 8 atom stereocenters. The van der Waals surface area contributed by atoms with E-state index >= 15 is 0 Å². The highest BCUT2D eigenvalue weighted by Crippen LogP contribution is 2.60. The number of phosphoric acid groups is 2. The van der Waals surface area contributed by atoms with Gasteiger partial charge < -0.3 is 45.1 Å². The number of carbonyl (C=O) groups excluding carboxylic acids is 2. The van der Waals surface area contributed by atoms with Gasteiger partial charge in [-0.1, -0.05) is 146 Å². The largest absolute Gasteiger partial charge is 0.481 e. The maximum absolute atomic E-state index is 12.8. The van der Waals surface area contributed by atoms with Crippen molar-refractivity contribution >= 4 is 33.4 Å². The van der Waals surface area contributed by atoms with Gasteiger partial charge >= 0.3 is 33.3 Å². The highest BCUT2D eigenvalue weighted by atomic mass is 31.3. The molecule has 1 aromatic heterocycles. The van der Waals surface area contributed by atoms with Gasteiger partial charge in [-0.2, -0.15) is 9.29 Å². The number of unbranched alkanes of at least 4 members (excludes halogenated alkanes) is 9. The van der Waals surface area contributed by atoms with Crippen LogP contribution in [0.25, 0.3) is 0 Å². The minimum atomic E-state index is -5.47. The molecular formula is C48H79N3O16P2. The molecule has 3 unspecified atom stereocenters. The van der Waals surface area contributed by atoms with Gasteiger partial charge in [0.15, 0.2) is 12.3 Å². The Morgan fingerprint density at radius 1 is 0.783 bits per heavy atom. The summed E-state index contributed by atoms with van der Waals surface area (Å²) in [6, 6.07) is 1.23. The summed E-state index contributed by atoms with van der Waals surface area (Å²) in [4.78, 5) is 61.8. The number of carbonyl (C=O) groups is 2. The summed E-state index contributed by atoms with van der Waals surface area (Å²) in [5.41, 5.74) is 4.56. The average molecular weight is 1020 g/mol. The predicted molar refractivity (Wildman–Crippen MR) is 262 cm³/mol. The molecule has 7 N–H and O–H groups in total. The molecule has 0 aliphatic carbocycles. The van der Waals surface area contributed by atoms with Gasteiger partial charge in [0.05, 0.1) is 19.3 Å². The first-order chi connectivity index (χ1) is 32.9. The highest BCUT2D eigenvalue weighted by molar-refractivity contribution is 7.61. The number of aliphatic hydroxyl groups excluding tert-OH is 3. The van der Waals surface area contributed by atoms with Crippen molar-refractivity contribution in [2.75, 3.05) is 25.6 Å². The molecule has 2 rings (SSSR count). The molecule has 0 aromatic carbocycles. The number of nitrogens with two attached hydrogens (primary N) is 1. The Hall–Kier alpha value is -3.58. The standard InChI is InChI=1S/C48H79N3O16P2/c1-4-5-6-7-8-9-10-11-12-16-19-22-25-29-39(52)30-27-32-44(54)65-40(35-62-43(53)31-26-23-20-17-14-13-15-18-21-24-28-38(2)3)36-63-68(58,59)67-69(60,61)64-37-41-45(55)46(56)47(66-41)51-34-33-42(49)50-48(51)57/h5-6,8-9,11-12,19,22,25,29,33-34,38-41,45-47,52,55-56H,4,7,10,13-18,20-21,23-24,26-28,30-32,35-37H2,1-3H3,(H,58,59)(H,60,61)(H2,49,50,57)/b6-5-,9-8-,12-11-,22-19-,29-25+/t39?,40-,41-,45-,46-,47-/m1/s1. The van der Waals surface area contributed by atoms with Crippen LogP contribution in [0, 0.1) is 5.92 Å². The van der Waals surface area contributed by atoms with E-state index in [1.54, 1.807) is 12.2 Å². The first-order valence-electron chi connectivity index (χ1n) is 24.3. The van der Waals surface area contributed by atoms with Gasteiger partial charge in [0.2, 0.25) is 0 Å². The van der Waals surface area contributed by atoms with Crippen molar-refractivity contribution in [3.05, 3.63) is 83.5 Å². The molecule has 1 aromatic rings. The van der Waals surface area contributed by atoms with Crippen molar-refractivity contribution in [3.63, 3.8) is 0 Å². The number of aliphatic hydroxyl groups is 3. The van der Waals surface area contributed by atoms with Crippen LogP contribution < -0.4 is 11.4 Å². The lowest BCUT2D eigenvalue weighted by molar-refractivity contribution is -0.161. The topological polar surface area (TPSA) is 286 Å². The maximum atomic E-state index is 12.8. The third-order valence-corrected chi connectivity index (χ3v) is 13.3. The molecule has 0 saturated carbocycles. The number of nitrogens with zero attached hydrogens (tertiary/aromatic N) is 2. The Labute approximate surface area is 407 Å². The predicted octanol–water partition coefficient (Wildman–Crippen LogP) is 8.38. The highest BCUT2D eigenvalue weighted by Gasteiger charge is 2.46. The first kappa shape index (κ1) is 61.5. The fourth-order valence-electron chi connectivity index (χ4n) is 6.88. The molecule has 392 valence electrons. The van der Waals surface area contributed by atoms with Crippen LogP contribution in [0.5, 0.6) is 0 Å². The van der Waals surface area contributed by atoms with E-state index in [2.05, 4.69) is 60.4 Å². The number of ether oxygens (including phenoxy) is 3. The SMILES string of the molecule is CC/C=C\C/C=C\C/C=C\C/C=C\C=C\C(O)CCCC(=O)O[C@H](COC(=O)CCCCCCCCCCCCC(C)C)COP(=O)(O)OP(=O)(O)OC[C@H]1O[C@@H](n2ccc(N)nc2=O)[C@H](O)[C@@H]1O. The van der Waals surface area contributed by atoms with Crippen LogP contribution >= 0.6 is 15.6 Å². The second-order valence-electron chi connectivity index (χ2n) is 17.3. The maximum Gasteiger partial charge on any atom is 0.481 e. The van der Waals surface area contributed by atoms with Crippen LogP contribution in [-0.2, 0) is 46.3 Å². The van der Waals surface area contributed by atoms with Gasteiger partial charge in [0.1, 0.15) is 30.7 Å². The third kappa shape index (κ3) is 29.4. The number of anilines is 1. The van der Waals surface area contributed by atoms with E-state index in [0.717, 1.165) is 68.0 Å². The zero-order valence-electron chi connectivity index (χ0n) is 40.6. The quantitative estimate of drug-likeness (QED) is 0.0119. The van der Waals surface area contributed by atoms with E-state index in [9.17, 15) is 48.6 Å². The van der Waals surface area contributed by atoms with E-state index in [0.29, 0.717) is 6.42 Å². The van der Waals surface area contributed by atoms with Crippen LogP contribution in [0.1, 0.15) is 149 Å². The third-order valence-electron chi connectivity index (χ3n) is 10.6. The molecule has 0 radical (unpaired) electrons. The molecule has 0 spiro atoms. The molecule has 2 heterocycles. The Morgan fingerprint density at radius 3 is 1.99 bits per heavy atom. The molecule has 0 amide bonds. The minimum Gasteiger partial charge on any atom is -0.462 e. The van der Waals surface area contributed by atoms with E-state index in [1.165, 1.54) is 44.6 Å². The van der Waals surface area contributed by atoms with Crippen LogP contribution in [-0.4, -0.2) is 96.9 Å². The summed E-state index contributed by atoms with van der Waals surface area (Å²) in [6.07, 6.45) is 27.8. The van der Waals surface area contributed by atoms with Gasteiger partial charge in [0.25, 0.3) is 0 Å². The summed E-state index contributed by atoms with van der Waals surface area (Å²) in [5.74, 6) is -0.773. The van der Waals surface area contributed by atoms with Crippen LogP contribution in [0.2, 0.25) is 0 Å². The van der Waals surface area contributed by atoms with Crippen molar-refractivity contribution in [2.24, 2.45) is 5.92 Å². The molecule has 1 fully saturated rings. The van der Waals surface area contributed by atoms with Crippen molar-refractivity contribution in [3.8, 4) is 0 Å². The van der Waals surface area contributed by atoms with Crippen molar-refractivity contribution < 1.29 is 71.4 Å². The number of nitrogen functional groups attached to an aromatic ring is 1. The minimum absolute atomic E-state index is 0.0844. The number of hydrogen-bond acceptors (Lipinski definition) is 16. The summed E-state index contributed by atoms with van der Waals surface area (Å²) < 4.78 is 56.5. The second-order valence-corrected chi connectivity index (χ2v) is 20.3. The Balaban J connectivity index is 1.88. The smallest absolute Gasteiger partial charge is 0.462 e. The van der Waals surface area contributed by atoms with Crippen molar-refractivity contribution in [2.45, 2.75) is 180 Å². The molecule has 1 aliphatic rings. The zero-order chi connectivity index (χ0) is 50.9. The normalized spacial score (nSPS) is 20.4. The summed E-state index contributed by atoms with van der Waals surface area (Å²) >= 11 is 0. The molecule has 69 heavy (non-hydrogen) atoms. The van der Waals surface area contributed by atoms with Crippen LogP contribution in [0.3, 0.4) is 0 Å². The van der Waals surface area contributed by atoms with E-state index in [-0.39, 0.29) is 31.5 Å². The summed E-state index contributed by atoms with van der Waals surface area (Å²) in [5, 5.41) is 31.3. The second kappa shape index (κ2) is 35.5. The molecule has 1 saturated heterocycles. The number of allylic oxidation sites excluding steroid dienone is 9. The Bertz CT molecular complexity index is 1920. The lowest BCUT2D eigenvalue weighted by Crippen LogP contribution is -2.36. The number of esters is 2. The molecule has 1 aliphatic heterocycles. The fourth-order valence-corrected chi connectivity index (χ4v) is 8.99. The lowest BCUT2D eigenvalue weighted by Gasteiger charge is -2.21. The van der Waals surface area contributed by atoms with E-state index in [1.807, 2.05) is 18.2 Å². The number of phosphoric ester groups is 2. The number of aromatic nitrogens is 2. The summed E-state index contributed by atoms with van der Waals surface area (Å²) in [7, 11) is -10.9. The van der Waals surface area contributed by atoms with Gasteiger partial charge in [-0.15, -0.1) is 0 Å². The molecule has 19 nitrogen and oxygen atoms in total. The van der Waals surface area contributed by atoms with Gasteiger partial charge in [-0.25, -0.2) is 13.9 Å². The van der Waals surface area contributed by atoms with Crippen LogP contribution in [0.4, 0.5) is 5.82 Å². The zero-order valence-corrected chi connectivity index (χ0v) is 42.4. The summed E-state index contributed by atoms with van der Waals surface area (Å²) in [6.45, 7) is 4.11. The number of hydrogen-bond donors (Lipinski definition) is 6. The van der Waals surface area contributed by atoms with Gasteiger partial charge in [-0.05, 0) is 56.9 Å². The Kier molecular flexibility index (Phi) is 31.7. The Morgan fingerprint density at radius 2 is 1.36 bits per heavy atom. The molecule has 0 bridgehead atoms.